The smallest absolute Gasteiger partial charge is 0.306 e. The number of nitrogens with one attached hydrogen (secondary N) is 1. The highest BCUT2D eigenvalue weighted by Gasteiger charge is 2.10. The predicted molar refractivity (Wildman–Crippen MR) is 71.2 cm³/mol. The van der Waals surface area contributed by atoms with Crippen molar-refractivity contribution in [3.8, 4) is 0 Å². The molecule has 1 aromatic heterocycles. The van der Waals surface area contributed by atoms with Gasteiger partial charge in [-0.2, -0.15) is 0 Å². The summed E-state index contributed by atoms with van der Waals surface area (Å²) < 4.78 is 0. The Bertz CT molecular complexity index is 354. The summed E-state index contributed by atoms with van der Waals surface area (Å²) in [5, 5.41) is 12.2. The number of carbonyl (C=O) groups is 1. The van der Waals surface area contributed by atoms with E-state index in [-0.39, 0.29) is 5.92 Å². The fourth-order valence-electron chi connectivity index (χ4n) is 1.75. The molecule has 0 radical (unpaired) electrons. The third-order valence-corrected chi connectivity index (χ3v) is 3.10. The van der Waals surface area contributed by atoms with Gasteiger partial charge < -0.3 is 10.4 Å². The monoisotopic (exact) mass is 250 g/mol. The van der Waals surface area contributed by atoms with E-state index in [9.17, 15) is 4.79 Å². The number of carboxylic acids is 1. The Hall–Kier alpha value is -1.42. The maximum absolute atomic E-state index is 10.7. The molecule has 0 aliphatic carbocycles. The first-order chi connectivity index (χ1) is 8.59. The van der Waals surface area contributed by atoms with Gasteiger partial charge in [0.15, 0.2) is 0 Å². The minimum atomic E-state index is -0.701. The van der Waals surface area contributed by atoms with Crippen molar-refractivity contribution in [2.45, 2.75) is 45.7 Å². The summed E-state index contributed by atoms with van der Waals surface area (Å²) in [5.41, 5.74) is 1.22. The largest absolute Gasteiger partial charge is 0.481 e. The van der Waals surface area contributed by atoms with Crippen LogP contribution in [0.15, 0.2) is 24.5 Å². The summed E-state index contributed by atoms with van der Waals surface area (Å²) in [6, 6.07) is 4.39. The van der Waals surface area contributed by atoms with Crippen LogP contribution in [0.2, 0.25) is 0 Å². The van der Waals surface area contributed by atoms with Crippen LogP contribution < -0.4 is 5.32 Å². The predicted octanol–water partition coefficient (Wildman–Crippen LogP) is 2.45. The van der Waals surface area contributed by atoms with E-state index < -0.39 is 5.97 Å². The van der Waals surface area contributed by atoms with Crippen LogP contribution in [-0.2, 0) is 11.3 Å². The summed E-state index contributed by atoms with van der Waals surface area (Å²) in [5.74, 6) is -0.940. The first-order valence-corrected chi connectivity index (χ1v) is 6.44. The standard InChI is InChI=1S/C14H22N2O2/c1-11(14(17)18)4-3-5-12(2)16-10-13-6-8-15-9-7-13/h6-9,11-12,16H,3-5,10H2,1-2H3,(H,17,18). The second-order valence-corrected chi connectivity index (χ2v) is 4.81. The zero-order chi connectivity index (χ0) is 13.4. The van der Waals surface area contributed by atoms with E-state index in [0.29, 0.717) is 6.04 Å². The third-order valence-electron chi connectivity index (χ3n) is 3.10. The van der Waals surface area contributed by atoms with Crippen LogP contribution in [0.5, 0.6) is 0 Å². The number of hydrogen-bond donors (Lipinski definition) is 2. The van der Waals surface area contributed by atoms with Gasteiger partial charge in [-0.05, 0) is 37.5 Å². The SMILES string of the molecule is CC(CCCC(C)C(=O)O)NCc1ccncc1. The lowest BCUT2D eigenvalue weighted by Gasteiger charge is -2.14. The number of hydrogen-bond acceptors (Lipinski definition) is 3. The van der Waals surface area contributed by atoms with Crippen LogP contribution in [0.4, 0.5) is 0 Å². The van der Waals surface area contributed by atoms with Crippen LogP contribution in [-0.4, -0.2) is 22.1 Å². The van der Waals surface area contributed by atoms with Gasteiger partial charge in [-0.3, -0.25) is 9.78 Å². The quantitative estimate of drug-likeness (QED) is 0.744. The first-order valence-electron chi connectivity index (χ1n) is 6.44. The highest BCUT2D eigenvalue weighted by Crippen LogP contribution is 2.10. The number of aromatic nitrogens is 1. The van der Waals surface area contributed by atoms with E-state index >= 15 is 0 Å². The second-order valence-electron chi connectivity index (χ2n) is 4.81. The van der Waals surface area contributed by atoms with Crippen molar-refractivity contribution in [1.29, 1.82) is 0 Å². The number of rotatable bonds is 8. The van der Waals surface area contributed by atoms with E-state index in [1.807, 2.05) is 12.1 Å². The van der Waals surface area contributed by atoms with Crippen molar-refractivity contribution in [1.82, 2.24) is 10.3 Å². The Balaban J connectivity index is 2.14. The van der Waals surface area contributed by atoms with Crippen LogP contribution in [0, 0.1) is 5.92 Å². The number of pyridine rings is 1. The van der Waals surface area contributed by atoms with Gasteiger partial charge in [-0.25, -0.2) is 0 Å². The summed E-state index contributed by atoms with van der Waals surface area (Å²) in [7, 11) is 0. The first kappa shape index (κ1) is 14.6. The molecule has 0 bridgehead atoms. The fourth-order valence-corrected chi connectivity index (χ4v) is 1.75. The minimum Gasteiger partial charge on any atom is -0.481 e. The molecule has 4 nitrogen and oxygen atoms in total. The molecule has 2 unspecified atom stereocenters. The van der Waals surface area contributed by atoms with Gasteiger partial charge in [0, 0.05) is 25.0 Å². The van der Waals surface area contributed by atoms with Crippen molar-refractivity contribution in [3.63, 3.8) is 0 Å². The van der Waals surface area contributed by atoms with Gasteiger partial charge in [-0.1, -0.05) is 13.3 Å². The third kappa shape index (κ3) is 5.77. The molecule has 100 valence electrons. The van der Waals surface area contributed by atoms with Gasteiger partial charge in [0.05, 0.1) is 5.92 Å². The van der Waals surface area contributed by atoms with Crippen molar-refractivity contribution in [2.24, 2.45) is 5.92 Å². The highest BCUT2D eigenvalue weighted by atomic mass is 16.4. The molecule has 18 heavy (non-hydrogen) atoms. The number of nitrogens with zero attached hydrogens (tertiary/aromatic N) is 1. The molecule has 0 saturated heterocycles. The minimum absolute atomic E-state index is 0.239. The van der Waals surface area contributed by atoms with Gasteiger partial charge in [0.1, 0.15) is 0 Å². The van der Waals surface area contributed by atoms with Crippen molar-refractivity contribution in [2.75, 3.05) is 0 Å². The van der Waals surface area contributed by atoms with Crippen molar-refractivity contribution < 1.29 is 9.90 Å². The molecule has 0 fully saturated rings. The molecular formula is C14H22N2O2. The Kier molecular flexibility index (Phi) is 6.36. The molecule has 0 aliphatic heterocycles. The molecule has 0 amide bonds. The molecule has 2 N–H and O–H groups in total. The topological polar surface area (TPSA) is 62.2 Å². The van der Waals surface area contributed by atoms with Gasteiger partial charge in [0.2, 0.25) is 0 Å². The van der Waals surface area contributed by atoms with E-state index in [1.165, 1.54) is 5.56 Å². The van der Waals surface area contributed by atoms with Gasteiger partial charge in [0.25, 0.3) is 0 Å². The molecule has 0 aliphatic rings. The summed E-state index contributed by atoms with van der Waals surface area (Å²) in [4.78, 5) is 14.6. The highest BCUT2D eigenvalue weighted by molar-refractivity contribution is 5.69. The number of carboxylic acid groups (broad SMARTS) is 1. The molecule has 1 heterocycles. The normalized spacial score (nSPS) is 14.1. The van der Waals surface area contributed by atoms with E-state index in [1.54, 1.807) is 19.3 Å². The lowest BCUT2D eigenvalue weighted by molar-refractivity contribution is -0.141. The van der Waals surface area contributed by atoms with Crippen molar-refractivity contribution >= 4 is 5.97 Å². The van der Waals surface area contributed by atoms with Crippen LogP contribution >= 0.6 is 0 Å². The Morgan fingerprint density at radius 1 is 1.33 bits per heavy atom. The lowest BCUT2D eigenvalue weighted by atomic mass is 10.0. The molecule has 0 saturated carbocycles. The zero-order valence-electron chi connectivity index (χ0n) is 11.1. The molecule has 1 aromatic rings. The summed E-state index contributed by atoms with van der Waals surface area (Å²) in [6.45, 7) is 4.72. The average Bonchev–Trinajstić information content (AvgIpc) is 2.37. The molecule has 4 heteroatoms. The maximum Gasteiger partial charge on any atom is 0.306 e. The average molecular weight is 250 g/mol. The summed E-state index contributed by atoms with van der Waals surface area (Å²) >= 11 is 0. The second kappa shape index (κ2) is 7.82. The van der Waals surface area contributed by atoms with E-state index in [4.69, 9.17) is 5.11 Å². The Morgan fingerprint density at radius 3 is 2.61 bits per heavy atom. The van der Waals surface area contributed by atoms with Crippen LogP contribution in [0.1, 0.15) is 38.7 Å². The molecule has 1 rings (SSSR count). The van der Waals surface area contributed by atoms with E-state index in [2.05, 4.69) is 17.2 Å². The molecule has 0 aromatic carbocycles. The van der Waals surface area contributed by atoms with Gasteiger partial charge >= 0.3 is 5.97 Å². The van der Waals surface area contributed by atoms with Crippen LogP contribution in [0.25, 0.3) is 0 Å². The number of aliphatic carboxylic acids is 1. The van der Waals surface area contributed by atoms with Crippen LogP contribution in [0.3, 0.4) is 0 Å². The maximum atomic E-state index is 10.7. The zero-order valence-corrected chi connectivity index (χ0v) is 11.1. The Morgan fingerprint density at radius 2 is 2.00 bits per heavy atom. The molecular weight excluding hydrogens is 228 g/mol. The van der Waals surface area contributed by atoms with Crippen molar-refractivity contribution in [3.05, 3.63) is 30.1 Å². The fraction of sp³-hybridized carbons (Fsp3) is 0.571. The molecule has 2 atom stereocenters. The molecule has 0 spiro atoms. The summed E-state index contributed by atoms with van der Waals surface area (Å²) in [6.07, 6.45) is 6.27. The van der Waals surface area contributed by atoms with Gasteiger partial charge in [-0.15, -0.1) is 0 Å². The Labute approximate surface area is 108 Å². The lowest BCUT2D eigenvalue weighted by Crippen LogP contribution is -2.25. The van der Waals surface area contributed by atoms with E-state index in [0.717, 1.165) is 25.8 Å².